The highest BCUT2D eigenvalue weighted by atomic mass is 35.5. The van der Waals surface area contributed by atoms with E-state index in [1.54, 1.807) is 0 Å². The van der Waals surface area contributed by atoms with Crippen LogP contribution in [0.2, 0.25) is 5.02 Å². The van der Waals surface area contributed by atoms with Crippen molar-refractivity contribution in [2.24, 2.45) is 4.99 Å². The van der Waals surface area contributed by atoms with Gasteiger partial charge in [0.2, 0.25) is 0 Å². The summed E-state index contributed by atoms with van der Waals surface area (Å²) in [6, 6.07) is 8.82. The van der Waals surface area contributed by atoms with Crippen molar-refractivity contribution in [3.05, 3.63) is 34.9 Å². The molecule has 5 heteroatoms. The fourth-order valence-electron chi connectivity index (χ4n) is 2.55. The normalized spacial score (nSPS) is 15.2. The van der Waals surface area contributed by atoms with E-state index in [2.05, 4.69) is 39.6 Å². The first-order valence-electron chi connectivity index (χ1n) is 8.16. The Bertz CT molecular complexity index is 468. The molecule has 1 aromatic carbocycles. The van der Waals surface area contributed by atoms with Crippen molar-refractivity contribution in [1.29, 1.82) is 0 Å². The third-order valence-corrected chi connectivity index (χ3v) is 4.26. The first-order chi connectivity index (χ1) is 10.7. The fourth-order valence-corrected chi connectivity index (χ4v) is 2.68. The lowest BCUT2D eigenvalue weighted by Gasteiger charge is -2.20. The Kier molecular flexibility index (Phi) is 7.00. The third kappa shape index (κ3) is 5.85. The lowest BCUT2D eigenvalue weighted by atomic mass is 10.1. The van der Waals surface area contributed by atoms with Gasteiger partial charge in [-0.25, -0.2) is 0 Å². The molecule has 0 unspecified atom stereocenters. The van der Waals surface area contributed by atoms with Crippen LogP contribution in [0, 0.1) is 0 Å². The van der Waals surface area contributed by atoms with Crippen LogP contribution in [0.3, 0.4) is 0 Å². The summed E-state index contributed by atoms with van der Waals surface area (Å²) in [6.45, 7) is 6.25. The predicted octanol–water partition coefficient (Wildman–Crippen LogP) is 2.53. The van der Waals surface area contributed by atoms with E-state index in [1.807, 2.05) is 19.2 Å². The highest BCUT2D eigenvalue weighted by molar-refractivity contribution is 6.30. The Morgan fingerprint density at radius 3 is 2.50 bits per heavy atom. The van der Waals surface area contributed by atoms with E-state index in [4.69, 9.17) is 11.6 Å². The van der Waals surface area contributed by atoms with E-state index in [9.17, 15) is 0 Å². The molecule has 2 rings (SSSR count). The van der Waals surface area contributed by atoms with Crippen LogP contribution in [-0.2, 0) is 6.42 Å². The SMILES string of the molecule is CCN(CCNC(=NC)NCCc1ccc(Cl)cc1)C1CC1. The van der Waals surface area contributed by atoms with Gasteiger partial charge in [-0.15, -0.1) is 0 Å². The summed E-state index contributed by atoms with van der Waals surface area (Å²) in [6.07, 6.45) is 3.69. The highest BCUT2D eigenvalue weighted by Gasteiger charge is 2.27. The average Bonchev–Trinajstić information content (AvgIpc) is 3.36. The number of halogens is 1. The molecule has 0 saturated heterocycles. The van der Waals surface area contributed by atoms with E-state index >= 15 is 0 Å². The summed E-state index contributed by atoms with van der Waals surface area (Å²) in [5, 5.41) is 7.53. The Labute approximate surface area is 138 Å². The van der Waals surface area contributed by atoms with Crippen LogP contribution in [0.1, 0.15) is 25.3 Å². The summed E-state index contributed by atoms with van der Waals surface area (Å²) in [7, 11) is 1.82. The smallest absolute Gasteiger partial charge is 0.191 e. The number of hydrogen-bond acceptors (Lipinski definition) is 2. The molecule has 4 nitrogen and oxygen atoms in total. The molecule has 0 atom stereocenters. The van der Waals surface area contributed by atoms with Crippen molar-refractivity contribution >= 4 is 17.6 Å². The number of nitrogens with zero attached hydrogens (tertiary/aromatic N) is 2. The van der Waals surface area contributed by atoms with Crippen LogP contribution in [0.4, 0.5) is 0 Å². The van der Waals surface area contributed by atoms with Crippen molar-refractivity contribution in [2.45, 2.75) is 32.2 Å². The lowest BCUT2D eigenvalue weighted by Crippen LogP contribution is -2.42. The number of benzene rings is 1. The van der Waals surface area contributed by atoms with Crippen molar-refractivity contribution in [3.63, 3.8) is 0 Å². The topological polar surface area (TPSA) is 39.7 Å². The molecule has 1 aliphatic rings. The first kappa shape index (κ1) is 17.1. The van der Waals surface area contributed by atoms with Gasteiger partial charge in [-0.2, -0.15) is 0 Å². The molecule has 0 aliphatic heterocycles. The Balaban J connectivity index is 1.63. The fraction of sp³-hybridized carbons (Fsp3) is 0.588. The molecule has 22 heavy (non-hydrogen) atoms. The van der Waals surface area contributed by atoms with Gasteiger partial charge in [0.1, 0.15) is 0 Å². The van der Waals surface area contributed by atoms with E-state index < -0.39 is 0 Å². The Hall–Kier alpha value is -1.26. The molecule has 1 aliphatic carbocycles. The number of hydrogen-bond donors (Lipinski definition) is 2. The van der Waals surface area contributed by atoms with Crippen LogP contribution in [0.5, 0.6) is 0 Å². The standard InChI is InChI=1S/C17H27ClN4/c1-3-22(16-8-9-16)13-12-21-17(19-2)20-11-10-14-4-6-15(18)7-5-14/h4-7,16H,3,8-13H2,1-2H3,(H2,19,20,21). The van der Waals surface area contributed by atoms with Crippen molar-refractivity contribution in [2.75, 3.05) is 33.2 Å². The minimum absolute atomic E-state index is 0.783. The number of rotatable bonds is 8. The van der Waals surface area contributed by atoms with Gasteiger partial charge in [-0.3, -0.25) is 9.89 Å². The molecular weight excluding hydrogens is 296 g/mol. The molecule has 1 saturated carbocycles. The summed E-state index contributed by atoms with van der Waals surface area (Å²) in [5.41, 5.74) is 1.28. The maximum Gasteiger partial charge on any atom is 0.191 e. The summed E-state index contributed by atoms with van der Waals surface area (Å²) < 4.78 is 0. The molecule has 0 radical (unpaired) electrons. The minimum atomic E-state index is 0.783. The minimum Gasteiger partial charge on any atom is -0.356 e. The maximum atomic E-state index is 5.89. The van der Waals surface area contributed by atoms with Gasteiger partial charge in [0, 0.05) is 37.7 Å². The second-order valence-electron chi connectivity index (χ2n) is 5.66. The van der Waals surface area contributed by atoms with Crippen LogP contribution in [0.25, 0.3) is 0 Å². The molecule has 0 amide bonds. The molecule has 0 heterocycles. The van der Waals surface area contributed by atoms with Gasteiger partial charge in [0.05, 0.1) is 0 Å². The zero-order valence-electron chi connectivity index (χ0n) is 13.6. The average molecular weight is 323 g/mol. The quantitative estimate of drug-likeness (QED) is 0.571. The number of nitrogens with one attached hydrogen (secondary N) is 2. The van der Waals surface area contributed by atoms with E-state index in [1.165, 1.54) is 18.4 Å². The van der Waals surface area contributed by atoms with E-state index in [0.717, 1.165) is 49.6 Å². The van der Waals surface area contributed by atoms with Crippen LogP contribution < -0.4 is 10.6 Å². The monoisotopic (exact) mass is 322 g/mol. The van der Waals surface area contributed by atoms with E-state index in [0.29, 0.717) is 0 Å². The lowest BCUT2D eigenvalue weighted by molar-refractivity contribution is 0.282. The second kappa shape index (κ2) is 9.01. The van der Waals surface area contributed by atoms with Crippen molar-refractivity contribution < 1.29 is 0 Å². The molecule has 1 fully saturated rings. The van der Waals surface area contributed by atoms with Gasteiger partial charge in [-0.05, 0) is 43.5 Å². The Morgan fingerprint density at radius 2 is 1.91 bits per heavy atom. The molecule has 0 bridgehead atoms. The number of likely N-dealkylation sites (N-methyl/N-ethyl adjacent to an activating group) is 1. The van der Waals surface area contributed by atoms with Gasteiger partial charge < -0.3 is 10.6 Å². The predicted molar refractivity (Wildman–Crippen MR) is 94.8 cm³/mol. The first-order valence-corrected chi connectivity index (χ1v) is 8.53. The molecule has 0 spiro atoms. The summed E-state index contributed by atoms with van der Waals surface area (Å²) >= 11 is 5.89. The number of guanidine groups is 1. The maximum absolute atomic E-state index is 5.89. The zero-order chi connectivity index (χ0) is 15.8. The van der Waals surface area contributed by atoms with Crippen molar-refractivity contribution in [1.82, 2.24) is 15.5 Å². The second-order valence-corrected chi connectivity index (χ2v) is 6.10. The highest BCUT2D eigenvalue weighted by Crippen LogP contribution is 2.25. The summed E-state index contributed by atoms with van der Waals surface area (Å²) in [5.74, 6) is 0.876. The third-order valence-electron chi connectivity index (χ3n) is 4.00. The van der Waals surface area contributed by atoms with Gasteiger partial charge >= 0.3 is 0 Å². The van der Waals surface area contributed by atoms with E-state index in [-0.39, 0.29) is 0 Å². The van der Waals surface area contributed by atoms with Crippen LogP contribution >= 0.6 is 11.6 Å². The van der Waals surface area contributed by atoms with Crippen molar-refractivity contribution in [3.8, 4) is 0 Å². The summed E-state index contributed by atoms with van der Waals surface area (Å²) in [4.78, 5) is 6.81. The zero-order valence-corrected chi connectivity index (χ0v) is 14.4. The van der Waals surface area contributed by atoms with Gasteiger partial charge in [0.25, 0.3) is 0 Å². The van der Waals surface area contributed by atoms with Gasteiger partial charge in [-0.1, -0.05) is 30.7 Å². The molecule has 0 aromatic heterocycles. The largest absolute Gasteiger partial charge is 0.356 e. The number of aliphatic imine (C=N–C) groups is 1. The van der Waals surface area contributed by atoms with Gasteiger partial charge in [0.15, 0.2) is 5.96 Å². The molecule has 2 N–H and O–H groups in total. The molecule has 1 aromatic rings. The molecule has 122 valence electrons. The Morgan fingerprint density at radius 1 is 1.23 bits per heavy atom. The molecular formula is C17H27ClN4. The van der Waals surface area contributed by atoms with Crippen LogP contribution in [-0.4, -0.2) is 50.1 Å². The van der Waals surface area contributed by atoms with Crippen LogP contribution in [0.15, 0.2) is 29.3 Å².